The van der Waals surface area contributed by atoms with Gasteiger partial charge in [0.15, 0.2) is 5.13 Å². The largest absolute Gasteiger partial charge is 0.497 e. The minimum atomic E-state index is -0.249. The normalized spacial score (nSPS) is 13.4. The van der Waals surface area contributed by atoms with Crippen molar-refractivity contribution in [2.24, 2.45) is 11.7 Å². The molecule has 1 amide bonds. The standard InChI is InChI=1S/C13H17N3O2S.ClH/c1-7(8(2)14)12(17)16-13-15-10-5-4-9(18-3)6-11(10)19-13;/h4-8H,14H2,1-3H3,(H,15,16,17);1H. The van der Waals surface area contributed by atoms with Gasteiger partial charge < -0.3 is 15.8 Å². The Morgan fingerprint density at radius 1 is 1.45 bits per heavy atom. The van der Waals surface area contributed by atoms with Crippen LogP contribution in [0.2, 0.25) is 0 Å². The number of thiazole rings is 1. The molecule has 0 aliphatic rings. The number of hydrogen-bond acceptors (Lipinski definition) is 5. The number of anilines is 1. The summed E-state index contributed by atoms with van der Waals surface area (Å²) in [6, 6.07) is 5.43. The summed E-state index contributed by atoms with van der Waals surface area (Å²) < 4.78 is 6.13. The minimum absolute atomic E-state index is 0. The van der Waals surface area contributed by atoms with E-state index >= 15 is 0 Å². The zero-order valence-corrected chi connectivity index (χ0v) is 13.2. The highest BCUT2D eigenvalue weighted by Gasteiger charge is 2.18. The van der Waals surface area contributed by atoms with Gasteiger partial charge in [0.1, 0.15) is 5.75 Å². The van der Waals surface area contributed by atoms with Crippen LogP contribution in [0, 0.1) is 5.92 Å². The number of benzene rings is 1. The highest BCUT2D eigenvalue weighted by molar-refractivity contribution is 7.22. The Morgan fingerprint density at radius 3 is 2.75 bits per heavy atom. The second kappa shape index (κ2) is 6.88. The predicted octanol–water partition coefficient (Wildman–Crippen LogP) is 2.65. The maximum absolute atomic E-state index is 11.9. The Balaban J connectivity index is 0.00000200. The van der Waals surface area contributed by atoms with Crippen molar-refractivity contribution in [2.75, 3.05) is 12.4 Å². The van der Waals surface area contributed by atoms with E-state index in [0.29, 0.717) is 5.13 Å². The molecule has 2 aromatic rings. The molecule has 2 rings (SSSR count). The fourth-order valence-corrected chi connectivity index (χ4v) is 2.44. The number of nitrogens with two attached hydrogens (primary N) is 1. The summed E-state index contributed by atoms with van der Waals surface area (Å²) in [5, 5.41) is 3.38. The number of halogens is 1. The second-order valence-electron chi connectivity index (χ2n) is 4.49. The minimum Gasteiger partial charge on any atom is -0.497 e. The molecule has 1 aromatic carbocycles. The number of carbonyl (C=O) groups is 1. The van der Waals surface area contributed by atoms with E-state index in [4.69, 9.17) is 10.5 Å². The molecule has 2 atom stereocenters. The molecular formula is C13H18ClN3O2S. The van der Waals surface area contributed by atoms with Gasteiger partial charge in [-0.25, -0.2) is 4.98 Å². The molecule has 0 spiro atoms. The maximum atomic E-state index is 11.9. The van der Waals surface area contributed by atoms with Gasteiger partial charge in [0, 0.05) is 6.04 Å². The molecule has 20 heavy (non-hydrogen) atoms. The van der Waals surface area contributed by atoms with Crippen molar-refractivity contribution in [2.45, 2.75) is 19.9 Å². The molecule has 0 aliphatic heterocycles. The molecule has 0 saturated heterocycles. The summed E-state index contributed by atoms with van der Waals surface area (Å²) in [4.78, 5) is 16.3. The zero-order chi connectivity index (χ0) is 14.0. The Labute approximate surface area is 127 Å². The van der Waals surface area contributed by atoms with E-state index in [-0.39, 0.29) is 30.3 Å². The van der Waals surface area contributed by atoms with Crippen molar-refractivity contribution >= 4 is 45.0 Å². The van der Waals surface area contributed by atoms with E-state index in [9.17, 15) is 4.79 Å². The SMILES string of the molecule is COc1ccc2nc(NC(=O)C(C)C(C)N)sc2c1.Cl. The third-order valence-electron chi connectivity index (χ3n) is 3.03. The van der Waals surface area contributed by atoms with Crippen molar-refractivity contribution < 1.29 is 9.53 Å². The van der Waals surface area contributed by atoms with Crippen LogP contribution < -0.4 is 15.8 Å². The number of nitrogens with one attached hydrogen (secondary N) is 1. The van der Waals surface area contributed by atoms with Crippen molar-refractivity contribution in [3.8, 4) is 5.75 Å². The summed E-state index contributed by atoms with van der Waals surface area (Å²) in [5.74, 6) is 0.417. The molecule has 1 heterocycles. The number of aromatic nitrogens is 1. The van der Waals surface area contributed by atoms with Gasteiger partial charge >= 0.3 is 0 Å². The van der Waals surface area contributed by atoms with Gasteiger partial charge in [-0.15, -0.1) is 12.4 Å². The van der Waals surface area contributed by atoms with Crippen LogP contribution in [-0.4, -0.2) is 24.0 Å². The first-order chi connectivity index (χ1) is 9.01. The Bertz CT molecular complexity index is 600. The lowest BCUT2D eigenvalue weighted by Gasteiger charge is -2.13. The van der Waals surface area contributed by atoms with Crippen LogP contribution in [0.15, 0.2) is 18.2 Å². The molecule has 5 nitrogen and oxygen atoms in total. The summed E-state index contributed by atoms with van der Waals surface area (Å²) in [7, 11) is 1.62. The monoisotopic (exact) mass is 315 g/mol. The average molecular weight is 316 g/mol. The second-order valence-corrected chi connectivity index (χ2v) is 5.52. The molecule has 7 heteroatoms. The van der Waals surface area contributed by atoms with E-state index in [0.717, 1.165) is 16.0 Å². The molecule has 0 aliphatic carbocycles. The van der Waals surface area contributed by atoms with Crippen LogP contribution in [0.3, 0.4) is 0 Å². The van der Waals surface area contributed by atoms with Gasteiger partial charge in [0.25, 0.3) is 0 Å². The molecule has 2 unspecified atom stereocenters. The van der Waals surface area contributed by atoms with E-state index in [2.05, 4.69) is 10.3 Å². The average Bonchev–Trinajstić information content (AvgIpc) is 2.78. The molecular weight excluding hydrogens is 298 g/mol. The van der Waals surface area contributed by atoms with E-state index in [1.54, 1.807) is 14.0 Å². The van der Waals surface area contributed by atoms with E-state index < -0.39 is 0 Å². The van der Waals surface area contributed by atoms with Gasteiger partial charge in [-0.3, -0.25) is 4.79 Å². The number of amides is 1. The molecule has 0 bridgehead atoms. The molecule has 110 valence electrons. The van der Waals surface area contributed by atoms with Gasteiger partial charge in [-0.1, -0.05) is 18.3 Å². The fraction of sp³-hybridized carbons (Fsp3) is 0.385. The summed E-state index contributed by atoms with van der Waals surface area (Å²) in [5.41, 5.74) is 6.55. The van der Waals surface area contributed by atoms with E-state index in [1.165, 1.54) is 11.3 Å². The van der Waals surface area contributed by atoms with Crippen molar-refractivity contribution in [1.29, 1.82) is 0 Å². The third kappa shape index (κ3) is 3.59. The van der Waals surface area contributed by atoms with Gasteiger partial charge in [-0.05, 0) is 25.1 Å². The van der Waals surface area contributed by atoms with Gasteiger partial charge in [-0.2, -0.15) is 0 Å². The fourth-order valence-electron chi connectivity index (χ4n) is 1.54. The number of nitrogens with zero attached hydrogens (tertiary/aromatic N) is 1. The van der Waals surface area contributed by atoms with Crippen molar-refractivity contribution in [3.63, 3.8) is 0 Å². The lowest BCUT2D eigenvalue weighted by molar-refractivity contribution is -0.119. The van der Waals surface area contributed by atoms with Crippen LogP contribution in [-0.2, 0) is 4.79 Å². The van der Waals surface area contributed by atoms with Crippen LogP contribution in [0.1, 0.15) is 13.8 Å². The lowest BCUT2D eigenvalue weighted by atomic mass is 10.0. The number of ether oxygens (including phenoxy) is 1. The Hall–Kier alpha value is -1.37. The third-order valence-corrected chi connectivity index (χ3v) is 3.96. The highest BCUT2D eigenvalue weighted by atomic mass is 35.5. The summed E-state index contributed by atoms with van der Waals surface area (Å²) in [6.07, 6.45) is 0. The quantitative estimate of drug-likeness (QED) is 0.909. The number of rotatable bonds is 4. The molecule has 0 saturated carbocycles. The lowest BCUT2D eigenvalue weighted by Crippen LogP contribution is -2.34. The molecule has 3 N–H and O–H groups in total. The van der Waals surface area contributed by atoms with Crippen LogP contribution in [0.5, 0.6) is 5.75 Å². The summed E-state index contributed by atoms with van der Waals surface area (Å²) >= 11 is 1.42. The van der Waals surface area contributed by atoms with Crippen LogP contribution >= 0.6 is 23.7 Å². The zero-order valence-electron chi connectivity index (χ0n) is 11.5. The van der Waals surface area contributed by atoms with E-state index in [1.807, 2.05) is 25.1 Å². The number of hydrogen-bond donors (Lipinski definition) is 2. The maximum Gasteiger partial charge on any atom is 0.230 e. The first kappa shape index (κ1) is 16.7. The topological polar surface area (TPSA) is 77.2 Å². The van der Waals surface area contributed by atoms with Crippen molar-refractivity contribution in [1.82, 2.24) is 4.98 Å². The molecule has 0 fully saturated rings. The number of methoxy groups -OCH3 is 1. The predicted molar refractivity (Wildman–Crippen MR) is 84.9 cm³/mol. The Kier molecular flexibility index (Phi) is 5.74. The van der Waals surface area contributed by atoms with Gasteiger partial charge in [0.05, 0.1) is 23.2 Å². The molecule has 1 aromatic heterocycles. The first-order valence-corrected chi connectivity index (χ1v) is 6.84. The van der Waals surface area contributed by atoms with Crippen LogP contribution in [0.4, 0.5) is 5.13 Å². The van der Waals surface area contributed by atoms with Crippen LogP contribution in [0.25, 0.3) is 10.2 Å². The smallest absolute Gasteiger partial charge is 0.230 e. The van der Waals surface area contributed by atoms with Gasteiger partial charge in [0.2, 0.25) is 5.91 Å². The van der Waals surface area contributed by atoms with Crippen molar-refractivity contribution in [3.05, 3.63) is 18.2 Å². The number of carbonyl (C=O) groups excluding carboxylic acids is 1. The number of fused-ring (bicyclic) bond motifs is 1. The highest BCUT2D eigenvalue weighted by Crippen LogP contribution is 2.29. The molecule has 0 radical (unpaired) electrons. The Morgan fingerprint density at radius 2 is 2.15 bits per heavy atom. The first-order valence-electron chi connectivity index (χ1n) is 6.02. The summed E-state index contributed by atoms with van der Waals surface area (Å²) in [6.45, 7) is 3.61.